The largest absolute Gasteiger partial charge is 0.508 e. The molecule has 2 aromatic carbocycles. The smallest absolute Gasteiger partial charge is 0.115 e. The number of hydrazone groups is 1. The number of para-hydroxylation sites is 1. The summed E-state index contributed by atoms with van der Waals surface area (Å²) in [6.45, 7) is 2.03. The Morgan fingerprint density at radius 3 is 2.47 bits per heavy atom. The summed E-state index contributed by atoms with van der Waals surface area (Å²) in [4.78, 5) is 0. The SMILES string of the molecule is CC/C(=N\Nc1ccccc1Cl)c1ccc(O)cc1. The molecule has 0 bridgehead atoms. The monoisotopic (exact) mass is 274 g/mol. The average Bonchev–Trinajstić information content (AvgIpc) is 2.43. The van der Waals surface area contributed by atoms with Crippen molar-refractivity contribution < 1.29 is 5.11 Å². The molecule has 2 rings (SSSR count). The molecule has 3 nitrogen and oxygen atoms in total. The van der Waals surface area contributed by atoms with Crippen LogP contribution in [-0.4, -0.2) is 10.8 Å². The van der Waals surface area contributed by atoms with E-state index in [1.165, 1.54) is 0 Å². The molecule has 0 radical (unpaired) electrons. The van der Waals surface area contributed by atoms with Crippen LogP contribution in [0.15, 0.2) is 53.6 Å². The molecule has 19 heavy (non-hydrogen) atoms. The predicted molar refractivity (Wildman–Crippen MR) is 80.0 cm³/mol. The van der Waals surface area contributed by atoms with Crippen LogP contribution in [-0.2, 0) is 0 Å². The van der Waals surface area contributed by atoms with Crippen LogP contribution in [0.1, 0.15) is 18.9 Å². The van der Waals surface area contributed by atoms with Crippen LogP contribution in [0.3, 0.4) is 0 Å². The van der Waals surface area contributed by atoms with Crippen molar-refractivity contribution in [2.24, 2.45) is 5.10 Å². The highest BCUT2D eigenvalue weighted by Crippen LogP contribution is 2.21. The number of nitrogens with one attached hydrogen (secondary N) is 1. The molecule has 0 unspecified atom stereocenters. The van der Waals surface area contributed by atoms with Gasteiger partial charge in [-0.15, -0.1) is 0 Å². The zero-order valence-electron chi connectivity index (χ0n) is 10.6. The van der Waals surface area contributed by atoms with E-state index in [0.29, 0.717) is 5.02 Å². The minimum Gasteiger partial charge on any atom is -0.508 e. The van der Waals surface area contributed by atoms with Crippen molar-refractivity contribution in [2.75, 3.05) is 5.43 Å². The van der Waals surface area contributed by atoms with Crippen LogP contribution in [0.2, 0.25) is 5.02 Å². The van der Waals surface area contributed by atoms with E-state index >= 15 is 0 Å². The van der Waals surface area contributed by atoms with Crippen molar-refractivity contribution in [2.45, 2.75) is 13.3 Å². The molecule has 0 saturated carbocycles. The van der Waals surface area contributed by atoms with Crippen molar-refractivity contribution in [1.29, 1.82) is 0 Å². The lowest BCUT2D eigenvalue weighted by Gasteiger charge is -2.07. The van der Waals surface area contributed by atoms with Gasteiger partial charge in [-0.2, -0.15) is 5.10 Å². The molecular weight excluding hydrogens is 260 g/mol. The van der Waals surface area contributed by atoms with Gasteiger partial charge < -0.3 is 5.11 Å². The first-order valence-corrected chi connectivity index (χ1v) is 6.45. The second-order valence-corrected chi connectivity index (χ2v) is 4.46. The van der Waals surface area contributed by atoms with E-state index < -0.39 is 0 Å². The summed E-state index contributed by atoms with van der Waals surface area (Å²) >= 11 is 6.05. The number of hydrogen-bond acceptors (Lipinski definition) is 3. The van der Waals surface area contributed by atoms with Crippen molar-refractivity contribution in [3.8, 4) is 5.75 Å². The summed E-state index contributed by atoms with van der Waals surface area (Å²) in [6.07, 6.45) is 0.780. The molecule has 0 amide bonds. The molecule has 0 saturated heterocycles. The summed E-state index contributed by atoms with van der Waals surface area (Å²) in [6, 6.07) is 14.4. The number of rotatable bonds is 4. The third-order valence-corrected chi connectivity index (χ3v) is 3.05. The Balaban J connectivity index is 2.20. The molecule has 0 heterocycles. The minimum atomic E-state index is 0.248. The Morgan fingerprint density at radius 1 is 1.16 bits per heavy atom. The Bertz CT molecular complexity index is 579. The molecule has 4 heteroatoms. The first-order chi connectivity index (χ1) is 9.20. The maximum absolute atomic E-state index is 9.28. The van der Waals surface area contributed by atoms with Crippen LogP contribution in [0.25, 0.3) is 0 Å². The van der Waals surface area contributed by atoms with E-state index in [0.717, 1.165) is 23.4 Å². The lowest BCUT2D eigenvalue weighted by atomic mass is 10.1. The van der Waals surface area contributed by atoms with Gasteiger partial charge in [0.2, 0.25) is 0 Å². The lowest BCUT2D eigenvalue weighted by molar-refractivity contribution is 0.475. The number of anilines is 1. The Hall–Kier alpha value is -2.00. The lowest BCUT2D eigenvalue weighted by Crippen LogP contribution is -2.03. The van der Waals surface area contributed by atoms with Crippen LogP contribution in [0.5, 0.6) is 5.75 Å². The van der Waals surface area contributed by atoms with Crippen LogP contribution in [0, 0.1) is 0 Å². The maximum atomic E-state index is 9.28. The van der Waals surface area contributed by atoms with Gasteiger partial charge in [-0.05, 0) is 48.4 Å². The minimum absolute atomic E-state index is 0.248. The number of nitrogens with zero attached hydrogens (tertiary/aromatic N) is 1. The summed E-state index contributed by atoms with van der Waals surface area (Å²) < 4.78 is 0. The Morgan fingerprint density at radius 2 is 1.84 bits per heavy atom. The highest BCUT2D eigenvalue weighted by Gasteiger charge is 2.02. The number of phenols is 1. The van der Waals surface area contributed by atoms with Crippen molar-refractivity contribution in [3.05, 3.63) is 59.1 Å². The highest BCUT2D eigenvalue weighted by atomic mass is 35.5. The van der Waals surface area contributed by atoms with E-state index in [4.69, 9.17) is 11.6 Å². The number of aromatic hydroxyl groups is 1. The average molecular weight is 275 g/mol. The van der Waals surface area contributed by atoms with Gasteiger partial charge in [0.05, 0.1) is 16.4 Å². The van der Waals surface area contributed by atoms with Gasteiger partial charge in [0, 0.05) is 0 Å². The van der Waals surface area contributed by atoms with Crippen molar-refractivity contribution in [3.63, 3.8) is 0 Å². The van der Waals surface area contributed by atoms with Gasteiger partial charge in [-0.25, -0.2) is 0 Å². The third-order valence-electron chi connectivity index (χ3n) is 2.72. The Kier molecular flexibility index (Phi) is 4.42. The quantitative estimate of drug-likeness (QED) is 0.646. The molecule has 0 aliphatic rings. The molecule has 0 aliphatic carbocycles. The number of hydrogen-bond donors (Lipinski definition) is 2. The van der Waals surface area contributed by atoms with Gasteiger partial charge in [0.1, 0.15) is 5.75 Å². The fourth-order valence-corrected chi connectivity index (χ4v) is 1.86. The van der Waals surface area contributed by atoms with E-state index in [-0.39, 0.29) is 5.75 Å². The summed E-state index contributed by atoms with van der Waals surface area (Å²) in [7, 11) is 0. The van der Waals surface area contributed by atoms with E-state index in [1.807, 2.05) is 43.3 Å². The second-order valence-electron chi connectivity index (χ2n) is 4.05. The molecule has 0 aliphatic heterocycles. The summed E-state index contributed by atoms with van der Waals surface area (Å²) in [5.41, 5.74) is 5.62. The molecule has 2 aromatic rings. The number of phenolic OH excluding ortho intramolecular Hbond substituents is 1. The molecule has 0 atom stereocenters. The zero-order chi connectivity index (χ0) is 13.7. The van der Waals surface area contributed by atoms with Gasteiger partial charge in [-0.3, -0.25) is 5.43 Å². The molecule has 2 N–H and O–H groups in total. The van der Waals surface area contributed by atoms with E-state index in [9.17, 15) is 5.11 Å². The van der Waals surface area contributed by atoms with Gasteiger partial charge in [-0.1, -0.05) is 30.7 Å². The first-order valence-electron chi connectivity index (χ1n) is 6.07. The topological polar surface area (TPSA) is 44.6 Å². The standard InChI is InChI=1S/C15H15ClN2O/c1-2-14(11-7-9-12(19)10-8-11)17-18-15-6-4-3-5-13(15)16/h3-10,18-19H,2H2,1H3/b17-14+. The van der Waals surface area contributed by atoms with Gasteiger partial charge in [0.25, 0.3) is 0 Å². The zero-order valence-corrected chi connectivity index (χ0v) is 11.4. The summed E-state index contributed by atoms with van der Waals surface area (Å²) in [5.74, 6) is 0.248. The highest BCUT2D eigenvalue weighted by molar-refractivity contribution is 6.33. The number of benzene rings is 2. The summed E-state index contributed by atoms with van der Waals surface area (Å²) in [5, 5.41) is 14.3. The van der Waals surface area contributed by atoms with Crippen molar-refractivity contribution in [1.82, 2.24) is 0 Å². The third kappa shape index (κ3) is 3.48. The second kappa shape index (κ2) is 6.25. The van der Waals surface area contributed by atoms with Gasteiger partial charge in [0.15, 0.2) is 0 Å². The van der Waals surface area contributed by atoms with E-state index in [1.54, 1.807) is 12.1 Å². The van der Waals surface area contributed by atoms with Crippen molar-refractivity contribution >= 4 is 23.0 Å². The number of halogens is 1. The molecule has 0 spiro atoms. The first kappa shape index (κ1) is 13.4. The van der Waals surface area contributed by atoms with Crippen LogP contribution < -0.4 is 5.43 Å². The van der Waals surface area contributed by atoms with Crippen LogP contribution in [0.4, 0.5) is 5.69 Å². The van der Waals surface area contributed by atoms with E-state index in [2.05, 4.69) is 10.5 Å². The maximum Gasteiger partial charge on any atom is 0.115 e. The molecule has 0 fully saturated rings. The fraction of sp³-hybridized carbons (Fsp3) is 0.133. The normalized spacial score (nSPS) is 11.4. The van der Waals surface area contributed by atoms with Gasteiger partial charge >= 0.3 is 0 Å². The molecular formula is C15H15ClN2O. The molecule has 98 valence electrons. The molecule has 0 aromatic heterocycles. The Labute approximate surface area is 117 Å². The predicted octanol–water partition coefficient (Wildman–Crippen LogP) is 4.27. The fourth-order valence-electron chi connectivity index (χ4n) is 1.68. The van der Waals surface area contributed by atoms with Crippen LogP contribution >= 0.6 is 11.6 Å².